The van der Waals surface area contributed by atoms with Gasteiger partial charge in [-0.2, -0.15) is 0 Å². The average molecular weight is 262 g/mol. The molecule has 0 amide bonds. The lowest BCUT2D eigenvalue weighted by atomic mass is 9.86. The van der Waals surface area contributed by atoms with E-state index >= 15 is 0 Å². The van der Waals surface area contributed by atoms with E-state index in [0.29, 0.717) is 11.7 Å². The van der Waals surface area contributed by atoms with Crippen molar-refractivity contribution >= 4 is 5.97 Å². The molecule has 0 radical (unpaired) electrons. The fourth-order valence-electron chi connectivity index (χ4n) is 3.08. The first-order chi connectivity index (χ1) is 9.31. The number of esters is 1. The van der Waals surface area contributed by atoms with E-state index in [1.165, 1.54) is 25.9 Å². The number of piperidine rings is 3. The second kappa shape index (κ2) is 5.61. The number of nitrogens with one attached hydrogen (secondary N) is 1. The molecule has 1 aromatic rings. The summed E-state index contributed by atoms with van der Waals surface area (Å²) >= 11 is 0. The summed E-state index contributed by atoms with van der Waals surface area (Å²) in [5.74, 6) is 1.03. The quantitative estimate of drug-likeness (QED) is 0.793. The van der Waals surface area contributed by atoms with Crippen molar-refractivity contribution in [1.82, 2.24) is 0 Å². The summed E-state index contributed by atoms with van der Waals surface area (Å²) in [7, 11) is 0. The Morgan fingerprint density at radius 1 is 1.21 bits per heavy atom. The number of carbonyl (C=O) groups is 1. The molecule has 4 nitrogen and oxygen atoms in total. The lowest BCUT2D eigenvalue weighted by Gasteiger charge is -2.40. The number of fused-ring (bicyclic) bond motifs is 3. The van der Waals surface area contributed by atoms with Crippen LogP contribution in [0.25, 0.3) is 0 Å². The molecule has 0 aromatic heterocycles. The fourth-order valence-corrected chi connectivity index (χ4v) is 3.08. The Bertz CT molecular complexity index is 426. The number of quaternary nitrogens is 1. The van der Waals surface area contributed by atoms with Gasteiger partial charge in [-0.1, -0.05) is 18.2 Å². The Kier molecular flexibility index (Phi) is 3.69. The summed E-state index contributed by atoms with van der Waals surface area (Å²) in [6, 6.07) is 9.37. The van der Waals surface area contributed by atoms with Gasteiger partial charge in [-0.15, -0.1) is 0 Å². The van der Waals surface area contributed by atoms with E-state index in [2.05, 4.69) is 0 Å². The van der Waals surface area contributed by atoms with Crippen molar-refractivity contribution in [2.24, 2.45) is 5.92 Å². The fraction of sp³-hybridized carbons (Fsp3) is 0.533. The topological polar surface area (TPSA) is 40.0 Å². The van der Waals surface area contributed by atoms with Gasteiger partial charge in [-0.05, 0) is 12.1 Å². The number of benzene rings is 1. The minimum atomic E-state index is -0.248. The van der Waals surface area contributed by atoms with Crippen molar-refractivity contribution in [3.05, 3.63) is 30.3 Å². The zero-order chi connectivity index (χ0) is 13.1. The third-order valence-corrected chi connectivity index (χ3v) is 4.14. The zero-order valence-corrected chi connectivity index (χ0v) is 11.0. The molecule has 0 spiro atoms. The number of carbonyl (C=O) groups excluding carboxylic acids is 1. The third-order valence-electron chi connectivity index (χ3n) is 4.14. The van der Waals surface area contributed by atoms with Gasteiger partial charge in [0.05, 0.1) is 13.1 Å². The molecular formula is C15H20NO3+. The molecule has 4 heteroatoms. The Morgan fingerprint density at radius 3 is 2.58 bits per heavy atom. The van der Waals surface area contributed by atoms with Crippen LogP contribution in [-0.4, -0.2) is 38.3 Å². The van der Waals surface area contributed by atoms with Crippen molar-refractivity contribution in [1.29, 1.82) is 0 Å². The van der Waals surface area contributed by atoms with Crippen molar-refractivity contribution in [2.45, 2.75) is 18.9 Å². The maximum atomic E-state index is 11.8. The maximum Gasteiger partial charge on any atom is 0.344 e. The molecule has 2 bridgehead atoms. The number of hydrogen-bond acceptors (Lipinski definition) is 3. The van der Waals surface area contributed by atoms with Gasteiger partial charge in [0.1, 0.15) is 12.3 Å². The van der Waals surface area contributed by atoms with Crippen LogP contribution in [0.4, 0.5) is 0 Å². The van der Waals surface area contributed by atoms with E-state index in [0.717, 1.165) is 6.54 Å². The van der Waals surface area contributed by atoms with Crippen LogP contribution in [0.1, 0.15) is 12.8 Å². The first-order valence-corrected chi connectivity index (χ1v) is 7.02. The molecule has 1 unspecified atom stereocenters. The average Bonchev–Trinajstić information content (AvgIpc) is 2.47. The molecule has 19 heavy (non-hydrogen) atoms. The Labute approximate surface area is 113 Å². The normalized spacial score (nSPS) is 28.9. The number of rotatable bonds is 4. The van der Waals surface area contributed by atoms with Crippen molar-refractivity contribution in [3.63, 3.8) is 0 Å². The smallest absolute Gasteiger partial charge is 0.344 e. The van der Waals surface area contributed by atoms with E-state index < -0.39 is 0 Å². The first-order valence-electron chi connectivity index (χ1n) is 7.02. The Balaban J connectivity index is 1.46. The molecule has 102 valence electrons. The summed E-state index contributed by atoms with van der Waals surface area (Å²) in [6.45, 7) is 3.45. The van der Waals surface area contributed by atoms with Gasteiger partial charge in [0.2, 0.25) is 0 Å². The van der Waals surface area contributed by atoms with Gasteiger partial charge in [-0.25, -0.2) is 4.79 Å². The molecule has 3 fully saturated rings. The highest BCUT2D eigenvalue weighted by Crippen LogP contribution is 2.21. The van der Waals surface area contributed by atoms with Gasteiger partial charge in [0.15, 0.2) is 12.7 Å². The second-order valence-corrected chi connectivity index (χ2v) is 5.42. The molecule has 3 heterocycles. The highest BCUT2D eigenvalue weighted by atomic mass is 16.6. The molecule has 1 atom stereocenters. The molecule has 4 rings (SSSR count). The summed E-state index contributed by atoms with van der Waals surface area (Å²) in [6.07, 6.45) is 2.48. The lowest BCUT2D eigenvalue weighted by Crippen LogP contribution is -3.16. The summed E-state index contributed by atoms with van der Waals surface area (Å²) in [5.41, 5.74) is 0. The third kappa shape index (κ3) is 3.07. The molecule has 0 saturated carbocycles. The first kappa shape index (κ1) is 12.5. The highest BCUT2D eigenvalue weighted by molar-refractivity contribution is 5.71. The number of ether oxygens (including phenoxy) is 2. The van der Waals surface area contributed by atoms with E-state index in [-0.39, 0.29) is 18.7 Å². The van der Waals surface area contributed by atoms with E-state index in [4.69, 9.17) is 9.47 Å². The Hall–Kier alpha value is -1.55. The SMILES string of the molecule is O=C(COc1ccccc1)OC1C[NH+]2CCC1CC2. The molecule has 3 aliphatic heterocycles. The number of hydrogen-bond donors (Lipinski definition) is 1. The monoisotopic (exact) mass is 262 g/mol. The zero-order valence-electron chi connectivity index (χ0n) is 11.0. The van der Waals surface area contributed by atoms with Gasteiger partial charge in [0.25, 0.3) is 0 Å². The lowest BCUT2D eigenvalue weighted by molar-refractivity contribution is -0.920. The van der Waals surface area contributed by atoms with Crippen molar-refractivity contribution in [2.75, 3.05) is 26.2 Å². The van der Waals surface area contributed by atoms with Gasteiger partial charge >= 0.3 is 5.97 Å². The van der Waals surface area contributed by atoms with Crippen molar-refractivity contribution < 1.29 is 19.2 Å². The van der Waals surface area contributed by atoms with Gasteiger partial charge in [-0.3, -0.25) is 0 Å². The van der Waals surface area contributed by atoms with E-state index in [9.17, 15) is 4.79 Å². The molecule has 0 aliphatic carbocycles. The molecule has 3 saturated heterocycles. The van der Waals surface area contributed by atoms with Crippen LogP contribution < -0.4 is 9.64 Å². The van der Waals surface area contributed by atoms with Gasteiger partial charge in [0, 0.05) is 18.8 Å². The van der Waals surface area contributed by atoms with E-state index in [1.54, 1.807) is 4.90 Å². The largest absolute Gasteiger partial charge is 0.482 e. The summed E-state index contributed by atoms with van der Waals surface area (Å²) in [5, 5.41) is 0. The van der Waals surface area contributed by atoms with Crippen LogP contribution in [0, 0.1) is 5.92 Å². The van der Waals surface area contributed by atoms with Crippen LogP contribution in [0.5, 0.6) is 5.75 Å². The highest BCUT2D eigenvalue weighted by Gasteiger charge is 2.39. The van der Waals surface area contributed by atoms with Crippen LogP contribution in [0.2, 0.25) is 0 Å². The maximum absolute atomic E-state index is 11.8. The minimum Gasteiger partial charge on any atom is -0.482 e. The molecular weight excluding hydrogens is 242 g/mol. The van der Waals surface area contributed by atoms with Crippen molar-refractivity contribution in [3.8, 4) is 5.75 Å². The van der Waals surface area contributed by atoms with Crippen LogP contribution in [-0.2, 0) is 9.53 Å². The van der Waals surface area contributed by atoms with Crippen LogP contribution in [0.15, 0.2) is 30.3 Å². The van der Waals surface area contributed by atoms with Crippen LogP contribution in [0.3, 0.4) is 0 Å². The minimum absolute atomic E-state index is 0.00255. The predicted octanol–water partition coefficient (Wildman–Crippen LogP) is 0.286. The molecule has 3 aliphatic rings. The predicted molar refractivity (Wildman–Crippen MR) is 70.1 cm³/mol. The second-order valence-electron chi connectivity index (χ2n) is 5.42. The Morgan fingerprint density at radius 2 is 1.95 bits per heavy atom. The molecule has 1 N–H and O–H groups in total. The van der Waals surface area contributed by atoms with E-state index in [1.807, 2.05) is 30.3 Å². The van der Waals surface area contributed by atoms with Gasteiger partial charge < -0.3 is 14.4 Å². The number of para-hydroxylation sites is 1. The standard InChI is InChI=1S/C15H19NO3/c17-15(11-18-13-4-2-1-3-5-13)19-14-10-16-8-6-12(14)7-9-16/h1-5,12,14H,6-11H2/p+1. The molecule has 1 aromatic carbocycles. The van der Waals surface area contributed by atoms with Crippen LogP contribution >= 0.6 is 0 Å². The summed E-state index contributed by atoms with van der Waals surface area (Å²) in [4.78, 5) is 13.4. The summed E-state index contributed by atoms with van der Waals surface area (Å²) < 4.78 is 11.0.